The van der Waals surface area contributed by atoms with Gasteiger partial charge in [0.05, 0.1) is 0 Å². The van der Waals surface area contributed by atoms with Crippen molar-refractivity contribution in [2.45, 2.75) is 58.6 Å². The summed E-state index contributed by atoms with van der Waals surface area (Å²) in [6, 6.07) is 0. The van der Waals surface area contributed by atoms with E-state index in [4.69, 9.17) is 9.47 Å². The molecule has 1 heterocycles. The number of fused-ring (bicyclic) bond motifs is 3. The summed E-state index contributed by atoms with van der Waals surface area (Å²) in [5.41, 5.74) is -0.111. The summed E-state index contributed by atoms with van der Waals surface area (Å²) in [4.78, 5) is 0. The van der Waals surface area contributed by atoms with E-state index in [1.165, 1.54) is 12.8 Å². The van der Waals surface area contributed by atoms with Crippen LogP contribution in [-0.2, 0) is 9.47 Å². The Kier molecular flexibility index (Phi) is 1.99. The molecule has 4 atom stereocenters. The maximum atomic E-state index is 6.16. The lowest BCUT2D eigenvalue weighted by atomic mass is 9.67. The number of rotatable bonds is 1. The average molecular weight is 238 g/mol. The standard InChI is InChI=1S/C13H22N2O2/c1-10(2)9-6-7-11(10,3)13(8-9)15-14-12(4,16-5)17-13/h9H,6-8H2,1-5H3/t9-,11-,12?,13?/m1/s1. The van der Waals surface area contributed by atoms with Gasteiger partial charge in [0.25, 0.3) is 5.91 Å². The second-order valence-corrected chi connectivity index (χ2v) is 6.68. The first-order valence-electron chi connectivity index (χ1n) is 6.48. The normalized spacial score (nSPS) is 55.0. The van der Waals surface area contributed by atoms with Crippen molar-refractivity contribution in [3.63, 3.8) is 0 Å². The molecule has 2 bridgehead atoms. The van der Waals surface area contributed by atoms with E-state index < -0.39 is 11.6 Å². The Balaban J connectivity index is 2.01. The third-order valence-electron chi connectivity index (χ3n) is 5.95. The second kappa shape index (κ2) is 2.91. The van der Waals surface area contributed by atoms with E-state index in [9.17, 15) is 0 Å². The molecule has 1 aliphatic heterocycles. The fourth-order valence-corrected chi connectivity index (χ4v) is 4.13. The third-order valence-corrected chi connectivity index (χ3v) is 5.95. The van der Waals surface area contributed by atoms with E-state index in [0.29, 0.717) is 5.92 Å². The topological polar surface area (TPSA) is 43.2 Å². The molecule has 2 fully saturated rings. The van der Waals surface area contributed by atoms with E-state index in [-0.39, 0.29) is 10.8 Å². The van der Waals surface area contributed by atoms with Gasteiger partial charge >= 0.3 is 0 Å². The fraction of sp³-hybridized carbons (Fsp3) is 1.00. The van der Waals surface area contributed by atoms with Gasteiger partial charge in [0, 0.05) is 25.9 Å². The highest BCUT2D eigenvalue weighted by Crippen LogP contribution is 2.72. The first-order chi connectivity index (χ1) is 7.79. The van der Waals surface area contributed by atoms with Crippen molar-refractivity contribution in [3.05, 3.63) is 0 Å². The molecule has 0 aromatic heterocycles. The molecule has 2 unspecified atom stereocenters. The van der Waals surface area contributed by atoms with Gasteiger partial charge in [-0.05, 0) is 24.2 Å². The lowest BCUT2D eigenvalue weighted by Crippen LogP contribution is -2.49. The first kappa shape index (κ1) is 11.6. The summed E-state index contributed by atoms with van der Waals surface area (Å²) in [5, 5.41) is 8.75. The molecule has 96 valence electrons. The molecule has 4 heteroatoms. The van der Waals surface area contributed by atoms with Crippen molar-refractivity contribution < 1.29 is 9.47 Å². The molecule has 0 radical (unpaired) electrons. The van der Waals surface area contributed by atoms with Gasteiger partial charge in [0.15, 0.2) is 5.72 Å². The number of methoxy groups -OCH3 is 1. The Morgan fingerprint density at radius 2 is 1.88 bits per heavy atom. The van der Waals surface area contributed by atoms with Gasteiger partial charge in [0.2, 0.25) is 0 Å². The monoisotopic (exact) mass is 238 g/mol. The van der Waals surface area contributed by atoms with Gasteiger partial charge in [-0.15, -0.1) is 5.11 Å². The number of nitrogens with zero attached hydrogens (tertiary/aromatic N) is 2. The predicted octanol–water partition coefficient (Wildman–Crippen LogP) is 3.33. The maximum Gasteiger partial charge on any atom is 0.286 e. The highest BCUT2D eigenvalue weighted by atomic mass is 16.7. The smallest absolute Gasteiger partial charge is 0.286 e. The molecule has 2 saturated carbocycles. The third kappa shape index (κ3) is 1.11. The number of hydrogen-bond donors (Lipinski definition) is 0. The first-order valence-corrected chi connectivity index (χ1v) is 6.48. The van der Waals surface area contributed by atoms with Crippen molar-refractivity contribution in [2.24, 2.45) is 27.0 Å². The zero-order valence-electron chi connectivity index (χ0n) is 11.4. The highest BCUT2D eigenvalue weighted by Gasteiger charge is 2.73. The van der Waals surface area contributed by atoms with Crippen LogP contribution in [0.4, 0.5) is 0 Å². The highest BCUT2D eigenvalue weighted by molar-refractivity contribution is 5.18. The molecule has 0 saturated heterocycles. The Morgan fingerprint density at radius 3 is 2.29 bits per heavy atom. The van der Waals surface area contributed by atoms with Gasteiger partial charge in [-0.2, -0.15) is 5.11 Å². The minimum absolute atomic E-state index is 0.0739. The Hall–Kier alpha value is -0.480. The molecule has 0 aromatic rings. The predicted molar refractivity (Wildman–Crippen MR) is 63.3 cm³/mol. The van der Waals surface area contributed by atoms with Gasteiger partial charge in [-0.25, -0.2) is 0 Å². The Morgan fingerprint density at radius 1 is 1.18 bits per heavy atom. The maximum absolute atomic E-state index is 6.16. The molecule has 0 aromatic carbocycles. The van der Waals surface area contributed by atoms with Crippen LogP contribution in [0, 0.1) is 16.7 Å². The van der Waals surface area contributed by atoms with Crippen LogP contribution in [-0.4, -0.2) is 18.7 Å². The molecule has 2 aliphatic carbocycles. The van der Waals surface area contributed by atoms with Crippen LogP contribution in [0.2, 0.25) is 0 Å². The summed E-state index contributed by atoms with van der Waals surface area (Å²) >= 11 is 0. The molecule has 0 N–H and O–H groups in total. The van der Waals surface area contributed by atoms with Gasteiger partial charge in [-0.3, -0.25) is 4.74 Å². The zero-order chi connectivity index (χ0) is 12.5. The quantitative estimate of drug-likeness (QED) is 0.703. The molecule has 3 rings (SSSR count). The van der Waals surface area contributed by atoms with Gasteiger partial charge in [-0.1, -0.05) is 20.8 Å². The summed E-state index contributed by atoms with van der Waals surface area (Å²) in [5.74, 6) is -0.200. The van der Waals surface area contributed by atoms with Gasteiger partial charge in [0.1, 0.15) is 0 Å². The van der Waals surface area contributed by atoms with Crippen molar-refractivity contribution in [1.82, 2.24) is 0 Å². The molecular formula is C13H22N2O2. The summed E-state index contributed by atoms with van der Waals surface area (Å²) in [7, 11) is 1.62. The van der Waals surface area contributed by atoms with Crippen LogP contribution in [0.3, 0.4) is 0 Å². The molecule has 3 aliphatic rings. The lowest BCUT2D eigenvalue weighted by Gasteiger charge is -2.43. The van der Waals surface area contributed by atoms with Crippen LogP contribution >= 0.6 is 0 Å². The summed E-state index contributed by atoms with van der Waals surface area (Å²) < 4.78 is 11.5. The van der Waals surface area contributed by atoms with Crippen molar-refractivity contribution in [2.75, 3.05) is 7.11 Å². The van der Waals surface area contributed by atoms with E-state index in [1.807, 2.05) is 6.92 Å². The number of azo groups is 1. The lowest BCUT2D eigenvalue weighted by molar-refractivity contribution is -0.265. The van der Waals surface area contributed by atoms with E-state index in [0.717, 1.165) is 6.42 Å². The zero-order valence-corrected chi connectivity index (χ0v) is 11.4. The molecule has 1 spiro atoms. The largest absolute Gasteiger partial charge is 0.334 e. The van der Waals surface area contributed by atoms with Crippen LogP contribution in [0.25, 0.3) is 0 Å². The van der Waals surface area contributed by atoms with E-state index in [2.05, 4.69) is 31.0 Å². The van der Waals surface area contributed by atoms with Crippen LogP contribution in [0.5, 0.6) is 0 Å². The van der Waals surface area contributed by atoms with Crippen LogP contribution in [0.15, 0.2) is 10.2 Å². The molecule has 4 nitrogen and oxygen atoms in total. The second-order valence-electron chi connectivity index (χ2n) is 6.68. The molecule has 17 heavy (non-hydrogen) atoms. The minimum Gasteiger partial charge on any atom is -0.334 e. The number of hydrogen-bond acceptors (Lipinski definition) is 4. The van der Waals surface area contributed by atoms with Crippen molar-refractivity contribution in [1.29, 1.82) is 0 Å². The fourth-order valence-electron chi connectivity index (χ4n) is 4.13. The Labute approximate surface area is 103 Å². The Bertz CT molecular complexity index is 395. The SMILES string of the molecule is COC1(C)N=NC2(C[C@H]3CC[C@]2(C)C3(C)C)O1. The van der Waals surface area contributed by atoms with Crippen LogP contribution in [0.1, 0.15) is 47.0 Å². The minimum atomic E-state index is -0.885. The van der Waals surface area contributed by atoms with Crippen molar-refractivity contribution >= 4 is 0 Å². The molecule has 0 amide bonds. The van der Waals surface area contributed by atoms with Crippen LogP contribution < -0.4 is 0 Å². The van der Waals surface area contributed by atoms with Crippen molar-refractivity contribution in [3.8, 4) is 0 Å². The molecular weight excluding hydrogens is 216 g/mol. The van der Waals surface area contributed by atoms with E-state index in [1.54, 1.807) is 7.11 Å². The van der Waals surface area contributed by atoms with Gasteiger partial charge < -0.3 is 4.74 Å². The summed E-state index contributed by atoms with van der Waals surface area (Å²) in [6.45, 7) is 8.84. The summed E-state index contributed by atoms with van der Waals surface area (Å²) in [6.07, 6.45) is 3.44. The number of ether oxygens (including phenoxy) is 2. The average Bonchev–Trinajstić information content (AvgIpc) is 2.77. The van der Waals surface area contributed by atoms with E-state index >= 15 is 0 Å².